The highest BCUT2D eigenvalue weighted by Crippen LogP contribution is 2.20. The van der Waals surface area contributed by atoms with Crippen LogP contribution in [-0.2, 0) is 17.9 Å². The molecule has 0 spiro atoms. The summed E-state index contributed by atoms with van der Waals surface area (Å²) < 4.78 is 5.72. The second kappa shape index (κ2) is 9.78. The molecule has 2 rings (SSSR count). The maximum Gasteiger partial charge on any atom is 0.223 e. The lowest BCUT2D eigenvalue weighted by Gasteiger charge is -2.22. The molecule has 0 radical (unpaired) electrons. The van der Waals surface area contributed by atoms with E-state index in [2.05, 4.69) is 25.8 Å². The Balaban J connectivity index is 1.93. The molecule has 0 N–H and O–H groups in total. The minimum Gasteiger partial charge on any atom is -0.486 e. The lowest BCUT2D eigenvalue weighted by atomic mass is 10.1. The van der Waals surface area contributed by atoms with Gasteiger partial charge in [0.25, 0.3) is 0 Å². The molecule has 136 valence electrons. The average Bonchev–Trinajstić information content (AvgIpc) is 2.99. The maximum absolute atomic E-state index is 12.4. The molecule has 4 nitrogen and oxygen atoms in total. The molecule has 1 aromatic carbocycles. The van der Waals surface area contributed by atoms with Crippen molar-refractivity contribution in [2.75, 3.05) is 6.54 Å². The van der Waals surface area contributed by atoms with Crippen molar-refractivity contribution in [2.45, 2.75) is 46.8 Å². The lowest BCUT2D eigenvalue weighted by molar-refractivity contribution is -0.132. The monoisotopic (exact) mass is 380 g/mol. The van der Waals surface area contributed by atoms with E-state index in [9.17, 15) is 4.79 Å². The van der Waals surface area contributed by atoms with Gasteiger partial charge in [0.15, 0.2) is 0 Å². The predicted octanol–water partition coefficient (Wildman–Crippen LogP) is 5.16. The van der Waals surface area contributed by atoms with Gasteiger partial charge in [0.2, 0.25) is 5.91 Å². The van der Waals surface area contributed by atoms with E-state index in [-0.39, 0.29) is 5.91 Å². The molecule has 6 heteroatoms. The average molecular weight is 381 g/mol. The summed E-state index contributed by atoms with van der Waals surface area (Å²) >= 11 is 7.50. The Labute approximate surface area is 158 Å². The van der Waals surface area contributed by atoms with Gasteiger partial charge in [-0.3, -0.25) is 4.79 Å². The van der Waals surface area contributed by atoms with Crippen LogP contribution in [0.3, 0.4) is 0 Å². The SMILES string of the molecule is CCCN(Cc1csc(COc2cccc(Cl)c2)n1)C(=O)CC(C)C. The minimum atomic E-state index is 0.196. The van der Waals surface area contributed by atoms with Crippen molar-refractivity contribution in [1.82, 2.24) is 9.88 Å². The topological polar surface area (TPSA) is 42.4 Å². The number of carbonyl (C=O) groups is 1. The maximum atomic E-state index is 12.4. The Morgan fingerprint density at radius 3 is 2.88 bits per heavy atom. The summed E-state index contributed by atoms with van der Waals surface area (Å²) in [6.07, 6.45) is 1.52. The fourth-order valence-corrected chi connectivity index (χ4v) is 3.30. The predicted molar refractivity (Wildman–Crippen MR) is 103 cm³/mol. The van der Waals surface area contributed by atoms with E-state index in [1.165, 1.54) is 0 Å². The van der Waals surface area contributed by atoms with E-state index < -0.39 is 0 Å². The molecule has 0 atom stereocenters. The van der Waals surface area contributed by atoms with Gasteiger partial charge in [0.1, 0.15) is 17.4 Å². The Kier molecular flexibility index (Phi) is 7.72. The van der Waals surface area contributed by atoms with Crippen molar-refractivity contribution in [3.8, 4) is 5.75 Å². The van der Waals surface area contributed by atoms with Crippen LogP contribution in [-0.4, -0.2) is 22.3 Å². The van der Waals surface area contributed by atoms with Crippen molar-refractivity contribution < 1.29 is 9.53 Å². The third-order valence-electron chi connectivity index (χ3n) is 3.54. The smallest absolute Gasteiger partial charge is 0.223 e. The minimum absolute atomic E-state index is 0.196. The molecule has 25 heavy (non-hydrogen) atoms. The van der Waals surface area contributed by atoms with Gasteiger partial charge >= 0.3 is 0 Å². The molecule has 1 heterocycles. The van der Waals surface area contributed by atoms with E-state index in [1.807, 2.05) is 28.5 Å². The number of hydrogen-bond donors (Lipinski definition) is 0. The Morgan fingerprint density at radius 2 is 2.20 bits per heavy atom. The molecule has 0 bridgehead atoms. The zero-order valence-electron chi connectivity index (χ0n) is 15.0. The normalized spacial score (nSPS) is 10.9. The van der Waals surface area contributed by atoms with Crippen LogP contribution in [0.25, 0.3) is 0 Å². The van der Waals surface area contributed by atoms with E-state index in [4.69, 9.17) is 16.3 Å². The van der Waals surface area contributed by atoms with E-state index in [1.54, 1.807) is 17.4 Å². The number of carbonyl (C=O) groups excluding carboxylic acids is 1. The standard InChI is InChI=1S/C19H25ClN2O2S/c1-4-8-22(19(23)9-14(2)3)11-16-13-25-18(21-16)12-24-17-7-5-6-15(20)10-17/h5-7,10,13-14H,4,8-9,11-12H2,1-3H3. The van der Waals surface area contributed by atoms with E-state index in [0.29, 0.717) is 30.5 Å². The highest BCUT2D eigenvalue weighted by molar-refractivity contribution is 7.09. The summed E-state index contributed by atoms with van der Waals surface area (Å²) in [6.45, 7) is 7.94. The third kappa shape index (κ3) is 6.67. The van der Waals surface area contributed by atoms with Crippen LogP contribution in [0, 0.1) is 5.92 Å². The Morgan fingerprint density at radius 1 is 1.40 bits per heavy atom. The first-order chi connectivity index (χ1) is 12.0. The van der Waals surface area contributed by atoms with Gasteiger partial charge < -0.3 is 9.64 Å². The highest BCUT2D eigenvalue weighted by Gasteiger charge is 2.16. The second-order valence-corrected chi connectivity index (χ2v) is 7.77. The molecular weight excluding hydrogens is 356 g/mol. The van der Waals surface area contributed by atoms with Crippen LogP contribution in [0.1, 0.15) is 44.3 Å². The number of ether oxygens (including phenoxy) is 1. The Bertz CT molecular complexity index is 688. The third-order valence-corrected chi connectivity index (χ3v) is 4.65. The van der Waals surface area contributed by atoms with Crippen LogP contribution in [0.5, 0.6) is 5.75 Å². The number of aromatic nitrogens is 1. The van der Waals surface area contributed by atoms with Gasteiger partial charge in [-0.1, -0.05) is 38.4 Å². The van der Waals surface area contributed by atoms with Crippen LogP contribution in [0.4, 0.5) is 0 Å². The van der Waals surface area contributed by atoms with Crippen molar-refractivity contribution >= 4 is 28.8 Å². The first-order valence-corrected chi connectivity index (χ1v) is 9.83. The van der Waals surface area contributed by atoms with Gasteiger partial charge in [-0.15, -0.1) is 11.3 Å². The molecule has 1 aromatic heterocycles. The summed E-state index contributed by atoms with van der Waals surface area (Å²) in [5, 5.41) is 3.54. The molecular formula is C19H25ClN2O2S. The summed E-state index contributed by atoms with van der Waals surface area (Å²) in [5.74, 6) is 1.29. The number of rotatable bonds is 9. The van der Waals surface area contributed by atoms with Crippen LogP contribution < -0.4 is 4.74 Å². The fraction of sp³-hybridized carbons (Fsp3) is 0.474. The number of thiazole rings is 1. The molecule has 0 aliphatic carbocycles. The van der Waals surface area contributed by atoms with Gasteiger partial charge in [0.05, 0.1) is 12.2 Å². The summed E-state index contributed by atoms with van der Waals surface area (Å²) in [5.41, 5.74) is 0.917. The van der Waals surface area contributed by atoms with Gasteiger partial charge in [-0.05, 0) is 30.5 Å². The molecule has 0 unspecified atom stereocenters. The fourth-order valence-electron chi connectivity index (χ4n) is 2.43. The molecule has 0 aliphatic rings. The zero-order chi connectivity index (χ0) is 18.2. The largest absolute Gasteiger partial charge is 0.486 e. The number of hydrogen-bond acceptors (Lipinski definition) is 4. The molecule has 0 saturated carbocycles. The Hall–Kier alpha value is -1.59. The number of benzene rings is 1. The van der Waals surface area contributed by atoms with Crippen molar-refractivity contribution in [3.05, 3.63) is 45.4 Å². The van der Waals surface area contributed by atoms with E-state index >= 15 is 0 Å². The van der Waals surface area contributed by atoms with E-state index in [0.717, 1.165) is 29.4 Å². The summed E-state index contributed by atoms with van der Waals surface area (Å²) in [7, 11) is 0. The molecule has 2 aromatic rings. The first-order valence-electron chi connectivity index (χ1n) is 8.57. The lowest BCUT2D eigenvalue weighted by Crippen LogP contribution is -2.32. The van der Waals surface area contributed by atoms with Crippen molar-refractivity contribution in [1.29, 1.82) is 0 Å². The molecule has 0 saturated heterocycles. The first kappa shape index (κ1) is 19.7. The van der Waals surface area contributed by atoms with Crippen molar-refractivity contribution in [2.24, 2.45) is 5.92 Å². The molecule has 0 fully saturated rings. The van der Waals surface area contributed by atoms with Crippen LogP contribution in [0.2, 0.25) is 5.02 Å². The van der Waals surface area contributed by atoms with Gasteiger partial charge in [0, 0.05) is 23.4 Å². The second-order valence-electron chi connectivity index (χ2n) is 6.39. The molecule has 1 amide bonds. The van der Waals surface area contributed by atoms with Gasteiger partial charge in [-0.2, -0.15) is 0 Å². The number of nitrogens with zero attached hydrogens (tertiary/aromatic N) is 2. The summed E-state index contributed by atoms with van der Waals surface area (Å²) in [4.78, 5) is 18.9. The zero-order valence-corrected chi connectivity index (χ0v) is 16.6. The quantitative estimate of drug-likeness (QED) is 0.603. The van der Waals surface area contributed by atoms with Crippen molar-refractivity contribution in [3.63, 3.8) is 0 Å². The molecule has 0 aliphatic heterocycles. The van der Waals surface area contributed by atoms with Crippen LogP contribution in [0.15, 0.2) is 29.6 Å². The van der Waals surface area contributed by atoms with Crippen LogP contribution >= 0.6 is 22.9 Å². The summed E-state index contributed by atoms with van der Waals surface area (Å²) in [6, 6.07) is 7.32. The van der Waals surface area contributed by atoms with Gasteiger partial charge in [-0.25, -0.2) is 4.98 Å². The number of amides is 1. The number of halogens is 1. The highest BCUT2D eigenvalue weighted by atomic mass is 35.5.